The predicted molar refractivity (Wildman–Crippen MR) is 146 cm³/mol. The normalized spacial score (nSPS) is 16.5. The number of carbonyl (C=O) groups excluding carboxylic acids is 1. The smallest absolute Gasteiger partial charge is 0.415 e. The van der Waals surface area contributed by atoms with E-state index in [1.54, 1.807) is 13.4 Å². The van der Waals surface area contributed by atoms with Crippen LogP contribution in [-0.2, 0) is 23.1 Å². The summed E-state index contributed by atoms with van der Waals surface area (Å²) in [5, 5.41) is 11.2. The number of amides is 1. The van der Waals surface area contributed by atoms with E-state index >= 15 is 0 Å². The largest absolute Gasteiger partial charge is 0.443 e. The number of imidazole rings is 1. The fraction of sp³-hybridized carbons (Fsp3) is 0.679. The van der Waals surface area contributed by atoms with E-state index in [4.69, 9.17) is 14.5 Å². The number of hydrogen-bond acceptors (Lipinski definition) is 6. The highest BCUT2D eigenvalue weighted by molar-refractivity contribution is 6.09. The Kier molecular flexibility index (Phi) is 7.59. The van der Waals surface area contributed by atoms with Crippen LogP contribution in [0, 0.1) is 0 Å². The lowest BCUT2D eigenvalue weighted by molar-refractivity contribution is -0.0860. The number of pyridine rings is 1. The van der Waals surface area contributed by atoms with Gasteiger partial charge in [-0.05, 0) is 66.4 Å². The monoisotopic (exact) mass is 513 g/mol. The van der Waals surface area contributed by atoms with Crippen LogP contribution in [0.15, 0.2) is 12.4 Å². The van der Waals surface area contributed by atoms with Crippen molar-refractivity contribution in [3.63, 3.8) is 0 Å². The van der Waals surface area contributed by atoms with E-state index in [0.29, 0.717) is 23.8 Å². The molecule has 0 unspecified atom stereocenters. The topological polar surface area (TPSA) is 94.6 Å². The van der Waals surface area contributed by atoms with Gasteiger partial charge in [0.15, 0.2) is 5.82 Å². The number of aryl methyl sites for hydroxylation is 1. The van der Waals surface area contributed by atoms with Crippen LogP contribution in [0.25, 0.3) is 22.1 Å². The van der Waals surface area contributed by atoms with Crippen LogP contribution < -0.4 is 4.90 Å². The van der Waals surface area contributed by atoms with Gasteiger partial charge in [-0.1, -0.05) is 19.3 Å². The third-order valence-corrected chi connectivity index (χ3v) is 6.83. The van der Waals surface area contributed by atoms with Gasteiger partial charge in [-0.3, -0.25) is 4.90 Å². The maximum absolute atomic E-state index is 13.0. The molecule has 9 nitrogen and oxygen atoms in total. The van der Waals surface area contributed by atoms with Crippen molar-refractivity contribution in [3.8, 4) is 0 Å². The Balaban J connectivity index is 1.91. The molecule has 3 aromatic heterocycles. The molecule has 1 saturated carbocycles. The summed E-state index contributed by atoms with van der Waals surface area (Å²) in [5.41, 5.74) is 2.51. The Morgan fingerprint density at radius 3 is 2.43 bits per heavy atom. The van der Waals surface area contributed by atoms with Gasteiger partial charge in [-0.15, -0.1) is 0 Å². The van der Waals surface area contributed by atoms with Crippen LogP contribution in [0.3, 0.4) is 0 Å². The number of aliphatic hydroxyl groups is 1. The fourth-order valence-electron chi connectivity index (χ4n) is 5.33. The summed E-state index contributed by atoms with van der Waals surface area (Å²) in [6.45, 7) is 11.9. The number of rotatable bonds is 6. The van der Waals surface area contributed by atoms with Gasteiger partial charge >= 0.3 is 6.09 Å². The van der Waals surface area contributed by atoms with Gasteiger partial charge in [0.2, 0.25) is 0 Å². The number of nitrogens with zero attached hydrogens (tertiary/aromatic N) is 5. The lowest BCUT2D eigenvalue weighted by Crippen LogP contribution is -2.35. The lowest BCUT2D eigenvalue weighted by atomic mass is 9.87. The first kappa shape index (κ1) is 27.4. The highest BCUT2D eigenvalue weighted by atomic mass is 16.6. The minimum absolute atomic E-state index is 0.0975. The molecule has 0 spiro atoms. The first-order chi connectivity index (χ1) is 17.3. The van der Waals surface area contributed by atoms with Crippen molar-refractivity contribution in [3.05, 3.63) is 18.1 Å². The Labute approximate surface area is 219 Å². The molecule has 0 saturated heterocycles. The summed E-state index contributed by atoms with van der Waals surface area (Å²) in [5.74, 6) is 0.858. The number of hydrogen-bond donors (Lipinski definition) is 1. The Morgan fingerprint density at radius 1 is 1.16 bits per heavy atom. The maximum Gasteiger partial charge on any atom is 0.415 e. The molecule has 37 heavy (non-hydrogen) atoms. The van der Waals surface area contributed by atoms with Gasteiger partial charge in [-0.2, -0.15) is 0 Å². The lowest BCUT2D eigenvalue weighted by Gasteiger charge is -2.29. The molecule has 4 rings (SSSR count). The van der Waals surface area contributed by atoms with Crippen molar-refractivity contribution in [2.24, 2.45) is 7.05 Å². The number of ether oxygens (including phenoxy) is 2. The van der Waals surface area contributed by atoms with Crippen LogP contribution in [-0.4, -0.2) is 61.3 Å². The molecule has 1 aliphatic rings. The molecule has 3 aromatic rings. The van der Waals surface area contributed by atoms with Crippen molar-refractivity contribution in [2.75, 3.05) is 18.6 Å². The van der Waals surface area contributed by atoms with Gasteiger partial charge in [-0.25, -0.2) is 14.8 Å². The minimum atomic E-state index is -0.633. The molecule has 1 fully saturated rings. The van der Waals surface area contributed by atoms with E-state index in [-0.39, 0.29) is 6.61 Å². The van der Waals surface area contributed by atoms with Crippen LogP contribution >= 0.6 is 0 Å². The van der Waals surface area contributed by atoms with Crippen LogP contribution in [0.4, 0.5) is 10.6 Å². The predicted octanol–water partition coefficient (Wildman–Crippen LogP) is 5.52. The molecule has 1 amide bonds. The molecule has 1 N–H and O–H groups in total. The van der Waals surface area contributed by atoms with Crippen molar-refractivity contribution < 1.29 is 19.4 Å². The zero-order valence-corrected chi connectivity index (χ0v) is 23.7. The van der Waals surface area contributed by atoms with Gasteiger partial charge in [0.05, 0.1) is 36.7 Å². The molecule has 9 heteroatoms. The van der Waals surface area contributed by atoms with Crippen LogP contribution in [0.1, 0.15) is 85.3 Å². The highest BCUT2D eigenvalue weighted by Crippen LogP contribution is 2.39. The van der Waals surface area contributed by atoms with Crippen molar-refractivity contribution in [1.29, 1.82) is 0 Å². The van der Waals surface area contributed by atoms with E-state index in [1.807, 2.05) is 53.2 Å². The molecule has 204 valence electrons. The summed E-state index contributed by atoms with van der Waals surface area (Å²) in [7, 11) is 3.63. The minimum Gasteiger partial charge on any atom is -0.443 e. The Bertz CT molecular complexity index is 1260. The molecule has 1 aliphatic carbocycles. The summed E-state index contributed by atoms with van der Waals surface area (Å²) in [6, 6.07) is 2.24. The second kappa shape index (κ2) is 10.3. The molecule has 0 aliphatic heterocycles. The first-order valence-electron chi connectivity index (χ1n) is 13.4. The summed E-state index contributed by atoms with van der Waals surface area (Å²) >= 11 is 0. The zero-order valence-electron chi connectivity index (χ0n) is 23.7. The molecule has 1 atom stereocenters. The summed E-state index contributed by atoms with van der Waals surface area (Å²) < 4.78 is 16.0. The second-order valence-corrected chi connectivity index (χ2v) is 12.3. The first-order valence-corrected chi connectivity index (χ1v) is 13.4. The van der Waals surface area contributed by atoms with Crippen LogP contribution in [0.5, 0.6) is 0 Å². The van der Waals surface area contributed by atoms with Crippen molar-refractivity contribution in [1.82, 2.24) is 19.1 Å². The molecular formula is C28H43N5O4. The quantitative estimate of drug-likeness (QED) is 0.467. The summed E-state index contributed by atoms with van der Waals surface area (Å²) in [6.07, 6.45) is 6.80. The third-order valence-electron chi connectivity index (χ3n) is 6.83. The highest BCUT2D eigenvalue weighted by Gasteiger charge is 2.30. The Morgan fingerprint density at radius 2 is 1.84 bits per heavy atom. The average molecular weight is 514 g/mol. The third kappa shape index (κ3) is 5.93. The van der Waals surface area contributed by atoms with E-state index in [1.165, 1.54) is 29.9 Å². The standard InChI is InChI=1S/C28H43N5O4/c1-27(2,3)36-19(16-34)15-33-21(18-12-10-9-11-13-18)14-20-23-22(29-17-31(23)7)25(30-24(20)33)32(8)26(35)37-28(4,5)6/h14,17-19,34H,9-13,15-16H2,1-8H3/t19-/m0/s1. The molecule has 0 radical (unpaired) electrons. The van der Waals surface area contributed by atoms with E-state index in [0.717, 1.165) is 29.4 Å². The van der Waals surface area contributed by atoms with E-state index in [2.05, 4.69) is 15.6 Å². The number of anilines is 1. The number of aromatic nitrogens is 4. The molecule has 0 aromatic carbocycles. The Hall–Kier alpha value is -2.65. The van der Waals surface area contributed by atoms with Crippen LogP contribution in [0.2, 0.25) is 0 Å². The SMILES string of the molecule is CN(C(=O)OC(C)(C)C)c1nc2c(cc(C3CCCCC3)n2C[C@@H](CO)OC(C)(C)C)c2c1ncn2C. The second-order valence-electron chi connectivity index (χ2n) is 12.3. The van der Waals surface area contributed by atoms with Gasteiger partial charge in [0.25, 0.3) is 0 Å². The number of fused-ring (bicyclic) bond motifs is 3. The average Bonchev–Trinajstić information content (AvgIpc) is 3.37. The molecule has 3 heterocycles. The fourth-order valence-corrected chi connectivity index (χ4v) is 5.33. The van der Waals surface area contributed by atoms with E-state index < -0.39 is 23.4 Å². The number of carbonyl (C=O) groups is 1. The van der Waals surface area contributed by atoms with Crippen molar-refractivity contribution >= 4 is 34.0 Å². The van der Waals surface area contributed by atoms with Gasteiger partial charge in [0.1, 0.15) is 16.8 Å². The zero-order chi connectivity index (χ0) is 27.1. The van der Waals surface area contributed by atoms with Crippen molar-refractivity contribution in [2.45, 2.75) is 103 Å². The van der Waals surface area contributed by atoms with E-state index in [9.17, 15) is 9.90 Å². The number of aliphatic hydroxyl groups excluding tert-OH is 1. The van der Waals surface area contributed by atoms with Gasteiger partial charge < -0.3 is 23.7 Å². The summed E-state index contributed by atoms with van der Waals surface area (Å²) in [4.78, 5) is 24.1. The molecular weight excluding hydrogens is 470 g/mol. The maximum atomic E-state index is 13.0. The molecule has 0 bridgehead atoms. The van der Waals surface area contributed by atoms with Gasteiger partial charge in [0, 0.05) is 25.2 Å².